The lowest BCUT2D eigenvalue weighted by Gasteiger charge is -2.20. The molecule has 0 fully saturated rings. The monoisotopic (exact) mass is 220 g/mol. The zero-order valence-electron chi connectivity index (χ0n) is 9.33. The average Bonchev–Trinajstić information content (AvgIpc) is 2.14. The van der Waals surface area contributed by atoms with Crippen LogP contribution in [0.2, 0.25) is 0 Å². The van der Waals surface area contributed by atoms with Gasteiger partial charge in [-0.2, -0.15) is 0 Å². The Kier molecular flexibility index (Phi) is 7.19. The Labute approximate surface area is 88.5 Å². The molecule has 0 aromatic carbocycles. The first-order valence-corrected chi connectivity index (χ1v) is 6.96. The summed E-state index contributed by atoms with van der Waals surface area (Å²) < 4.78 is 25.1. The number of hydrogen-bond acceptors (Lipinski definition) is 2. The van der Waals surface area contributed by atoms with Crippen LogP contribution in [-0.4, -0.2) is 31.6 Å². The Morgan fingerprint density at radius 1 is 1.14 bits per heavy atom. The third kappa shape index (κ3) is 4.96. The van der Waals surface area contributed by atoms with Crippen molar-refractivity contribution in [2.45, 2.75) is 39.5 Å². The average molecular weight is 220 g/mol. The van der Waals surface area contributed by atoms with Crippen molar-refractivity contribution in [3.63, 3.8) is 0 Å². The fourth-order valence-corrected chi connectivity index (χ4v) is 3.05. The van der Waals surface area contributed by atoms with Gasteiger partial charge >= 0.3 is 0 Å². The highest BCUT2D eigenvalue weighted by molar-refractivity contribution is 7.89. The molecule has 3 nitrogen and oxygen atoms in total. The molecular weight excluding hydrogens is 198 g/mol. The van der Waals surface area contributed by atoms with Crippen LogP contribution in [0.15, 0.2) is 0 Å². The van der Waals surface area contributed by atoms with Crippen LogP contribution in [0.5, 0.6) is 0 Å². The first kappa shape index (κ1) is 13.9. The smallest absolute Gasteiger partial charge is 0.212 e. The molecule has 0 rings (SSSR count). The second-order valence-electron chi connectivity index (χ2n) is 3.42. The van der Waals surface area contributed by atoms with Crippen molar-refractivity contribution in [1.29, 1.82) is 0 Å². The van der Waals surface area contributed by atoms with Crippen LogP contribution < -0.4 is 0 Å². The summed E-state index contributed by atoms with van der Waals surface area (Å²) in [5.74, 6) is 0.247. The van der Waals surface area contributed by atoms with Crippen molar-refractivity contribution in [3.8, 4) is 0 Å². The van der Waals surface area contributed by atoms with E-state index in [1.807, 2.05) is 13.8 Å². The maximum absolute atomic E-state index is 11.8. The van der Waals surface area contributed by atoms with E-state index < -0.39 is 10.0 Å². The second-order valence-corrected chi connectivity index (χ2v) is 5.51. The Bertz CT molecular complexity index is 218. The third-order valence-electron chi connectivity index (χ3n) is 1.99. The van der Waals surface area contributed by atoms with Gasteiger partial charge in [-0.15, -0.1) is 0 Å². The van der Waals surface area contributed by atoms with Gasteiger partial charge in [0.2, 0.25) is 10.0 Å². The molecule has 0 bridgehead atoms. The highest BCUT2D eigenvalue weighted by Crippen LogP contribution is 2.06. The molecule has 0 N–H and O–H groups in total. The maximum Gasteiger partial charge on any atom is 0.214 e. The lowest BCUT2D eigenvalue weighted by atomic mass is 10.4. The minimum Gasteiger partial charge on any atom is -0.212 e. The van der Waals surface area contributed by atoms with Crippen molar-refractivity contribution in [1.82, 2.24) is 4.31 Å². The molecule has 4 heteroatoms. The van der Waals surface area contributed by atoms with Gasteiger partial charge in [0, 0.05) is 13.1 Å². The predicted molar refractivity (Wildman–Crippen MR) is 60.5 cm³/mol. The lowest BCUT2D eigenvalue weighted by molar-refractivity contribution is 0.409. The van der Waals surface area contributed by atoms with E-state index in [0.717, 1.165) is 12.8 Å². The van der Waals surface area contributed by atoms with Crippen molar-refractivity contribution in [2.24, 2.45) is 0 Å². The molecule has 0 aliphatic heterocycles. The highest BCUT2D eigenvalue weighted by Gasteiger charge is 2.18. The fraction of sp³-hybridized carbons (Fsp3) is 0.900. The number of nitrogens with zero attached hydrogens (tertiary/aromatic N) is 1. The summed E-state index contributed by atoms with van der Waals surface area (Å²) in [5, 5.41) is 0. The quantitative estimate of drug-likeness (QED) is 0.628. The van der Waals surface area contributed by atoms with Crippen LogP contribution >= 0.6 is 0 Å². The number of hydrogen-bond donors (Lipinski definition) is 0. The van der Waals surface area contributed by atoms with Crippen LogP contribution in [0.25, 0.3) is 0 Å². The number of unbranched alkanes of at least 4 members (excludes halogenated alkanes) is 1. The second kappa shape index (κ2) is 7.23. The standard InChI is InChI=1S/C10H22NO2S/c1-4-7-10-14(12,13)11(8-5-2)9-6-3/h1,4-10H2,2-3H3. The molecule has 0 aromatic heterocycles. The van der Waals surface area contributed by atoms with E-state index in [-0.39, 0.29) is 5.75 Å². The highest BCUT2D eigenvalue weighted by atomic mass is 32.2. The van der Waals surface area contributed by atoms with Crippen LogP contribution in [0.3, 0.4) is 0 Å². The summed E-state index contributed by atoms with van der Waals surface area (Å²) in [6, 6.07) is 0. The van der Waals surface area contributed by atoms with Gasteiger partial charge in [0.15, 0.2) is 0 Å². The summed E-state index contributed by atoms with van der Waals surface area (Å²) in [6.45, 7) is 8.95. The van der Waals surface area contributed by atoms with Gasteiger partial charge in [0.25, 0.3) is 0 Å². The molecule has 0 atom stereocenters. The van der Waals surface area contributed by atoms with E-state index in [0.29, 0.717) is 25.9 Å². The normalized spacial score (nSPS) is 12.3. The van der Waals surface area contributed by atoms with Crippen LogP contribution in [0.1, 0.15) is 39.5 Å². The van der Waals surface area contributed by atoms with Gasteiger partial charge in [-0.3, -0.25) is 0 Å². The van der Waals surface area contributed by atoms with Crippen molar-refractivity contribution >= 4 is 10.0 Å². The molecule has 0 aromatic rings. The van der Waals surface area contributed by atoms with E-state index in [1.54, 1.807) is 4.31 Å². The van der Waals surface area contributed by atoms with E-state index in [2.05, 4.69) is 6.92 Å². The van der Waals surface area contributed by atoms with Gasteiger partial charge in [-0.1, -0.05) is 27.2 Å². The Morgan fingerprint density at radius 2 is 1.64 bits per heavy atom. The first-order valence-electron chi connectivity index (χ1n) is 5.35. The van der Waals surface area contributed by atoms with E-state index >= 15 is 0 Å². The third-order valence-corrected chi connectivity index (χ3v) is 3.95. The SMILES string of the molecule is [CH2]CCCS(=O)(=O)N(CCC)CCC. The molecular formula is C10H22NO2S. The Hall–Kier alpha value is -0.0900. The minimum absolute atomic E-state index is 0.247. The van der Waals surface area contributed by atoms with E-state index in [4.69, 9.17) is 0 Å². The van der Waals surface area contributed by atoms with Crippen molar-refractivity contribution in [2.75, 3.05) is 18.8 Å². The van der Waals surface area contributed by atoms with Crippen LogP contribution in [0, 0.1) is 6.92 Å². The van der Waals surface area contributed by atoms with Crippen LogP contribution in [0.4, 0.5) is 0 Å². The summed E-state index contributed by atoms with van der Waals surface area (Å²) in [4.78, 5) is 0. The van der Waals surface area contributed by atoms with Gasteiger partial charge < -0.3 is 0 Å². The van der Waals surface area contributed by atoms with Crippen molar-refractivity contribution < 1.29 is 8.42 Å². The molecule has 85 valence electrons. The lowest BCUT2D eigenvalue weighted by Crippen LogP contribution is -2.34. The molecule has 0 saturated heterocycles. The molecule has 0 aliphatic rings. The maximum atomic E-state index is 11.8. The molecule has 0 saturated carbocycles. The van der Waals surface area contributed by atoms with Crippen molar-refractivity contribution in [3.05, 3.63) is 6.92 Å². The number of rotatable bonds is 8. The van der Waals surface area contributed by atoms with E-state index in [1.165, 1.54) is 0 Å². The Balaban J connectivity index is 4.29. The molecule has 0 spiro atoms. The van der Waals surface area contributed by atoms with Crippen LogP contribution in [-0.2, 0) is 10.0 Å². The molecule has 14 heavy (non-hydrogen) atoms. The summed E-state index contributed by atoms with van der Waals surface area (Å²) >= 11 is 0. The molecule has 0 heterocycles. The zero-order chi connectivity index (χ0) is 11.0. The molecule has 0 unspecified atom stereocenters. The minimum atomic E-state index is -3.02. The largest absolute Gasteiger partial charge is 0.214 e. The van der Waals surface area contributed by atoms with E-state index in [9.17, 15) is 8.42 Å². The number of sulfonamides is 1. The molecule has 0 aliphatic carbocycles. The fourth-order valence-electron chi connectivity index (χ4n) is 1.30. The van der Waals surface area contributed by atoms with Gasteiger partial charge in [0.05, 0.1) is 5.75 Å². The summed E-state index contributed by atoms with van der Waals surface area (Å²) in [6.07, 6.45) is 3.10. The van der Waals surface area contributed by atoms with Gasteiger partial charge in [0.1, 0.15) is 0 Å². The summed E-state index contributed by atoms with van der Waals surface area (Å²) in [7, 11) is -3.02. The molecule has 0 amide bonds. The van der Waals surface area contributed by atoms with Gasteiger partial charge in [-0.25, -0.2) is 12.7 Å². The van der Waals surface area contributed by atoms with Gasteiger partial charge in [-0.05, 0) is 19.3 Å². The predicted octanol–water partition coefficient (Wildman–Crippen LogP) is 2.05. The zero-order valence-corrected chi connectivity index (χ0v) is 10.1. The topological polar surface area (TPSA) is 37.4 Å². The first-order chi connectivity index (χ1) is 6.58. The summed E-state index contributed by atoms with van der Waals surface area (Å²) in [5.41, 5.74) is 0. The Morgan fingerprint density at radius 3 is 2.00 bits per heavy atom. The molecule has 1 radical (unpaired) electrons.